The van der Waals surface area contributed by atoms with E-state index in [1.165, 1.54) is 0 Å². The minimum absolute atomic E-state index is 0.0135. The molecule has 0 radical (unpaired) electrons. The van der Waals surface area contributed by atoms with Crippen LogP contribution in [0, 0.1) is 11.3 Å². The Bertz CT molecular complexity index is 1130. The lowest BCUT2D eigenvalue weighted by molar-refractivity contribution is -0.139. The lowest BCUT2D eigenvalue weighted by atomic mass is 9.80. The van der Waals surface area contributed by atoms with Crippen molar-refractivity contribution in [2.75, 3.05) is 13.2 Å². The fourth-order valence-electron chi connectivity index (χ4n) is 3.73. The third-order valence-electron chi connectivity index (χ3n) is 5.20. The first-order valence-corrected chi connectivity index (χ1v) is 10.7. The number of hydrogen-bond donors (Lipinski definition) is 1. The van der Waals surface area contributed by atoms with Crippen molar-refractivity contribution < 1.29 is 19.1 Å². The molecule has 0 fully saturated rings. The molecule has 0 amide bonds. The molecule has 1 heterocycles. The molecule has 1 aliphatic heterocycles. The molecule has 1 N–H and O–H groups in total. The topological polar surface area (TPSA) is 88.4 Å². The molecule has 0 saturated heterocycles. The van der Waals surface area contributed by atoms with Crippen LogP contribution in [0.4, 0.5) is 0 Å². The third kappa shape index (κ3) is 5.98. The largest absolute Gasteiger partial charge is 0.461 e. The van der Waals surface area contributed by atoms with E-state index in [-0.39, 0.29) is 19.6 Å². The Kier molecular flexibility index (Phi) is 8.20. The molecule has 0 bridgehead atoms. The average Bonchev–Trinajstić information content (AvgIpc) is 2.82. The minimum atomic E-state index is -0.646. The summed E-state index contributed by atoms with van der Waals surface area (Å²) in [4.78, 5) is 26.1. The van der Waals surface area contributed by atoms with Gasteiger partial charge in [0.25, 0.3) is 0 Å². The van der Waals surface area contributed by atoms with E-state index in [1.54, 1.807) is 19.9 Å². The molecule has 1 atom stereocenters. The second-order valence-electron chi connectivity index (χ2n) is 7.50. The van der Waals surface area contributed by atoms with E-state index in [4.69, 9.17) is 14.7 Å². The first kappa shape index (κ1) is 23.6. The number of benzene rings is 2. The van der Waals surface area contributed by atoms with Crippen LogP contribution in [-0.4, -0.2) is 25.2 Å². The monoisotopic (exact) mass is 442 g/mol. The average molecular weight is 443 g/mol. The second-order valence-corrected chi connectivity index (χ2v) is 7.50. The van der Waals surface area contributed by atoms with Gasteiger partial charge in [0, 0.05) is 11.4 Å². The van der Waals surface area contributed by atoms with Gasteiger partial charge < -0.3 is 14.8 Å². The molecular formula is C27H26N2O4. The summed E-state index contributed by atoms with van der Waals surface area (Å²) in [6, 6.07) is 21.0. The number of nitriles is 1. The van der Waals surface area contributed by atoms with Gasteiger partial charge in [-0.15, -0.1) is 0 Å². The molecule has 6 nitrogen and oxygen atoms in total. The third-order valence-corrected chi connectivity index (χ3v) is 5.20. The number of ether oxygens (including phenoxy) is 2. The molecule has 0 spiro atoms. The maximum absolute atomic E-state index is 13.2. The number of dihydropyridines is 1. The van der Waals surface area contributed by atoms with Crippen molar-refractivity contribution in [3.63, 3.8) is 0 Å². The Labute approximate surface area is 193 Å². The first-order chi connectivity index (χ1) is 16.0. The Balaban J connectivity index is 1.85. The Morgan fingerprint density at radius 2 is 1.52 bits per heavy atom. The zero-order valence-corrected chi connectivity index (χ0v) is 18.7. The van der Waals surface area contributed by atoms with Crippen molar-refractivity contribution in [2.24, 2.45) is 0 Å². The Morgan fingerprint density at radius 1 is 0.939 bits per heavy atom. The number of carbonyl (C=O) groups is 2. The molecular weight excluding hydrogens is 416 g/mol. The molecule has 1 unspecified atom stereocenters. The number of hydrogen-bond acceptors (Lipinski definition) is 6. The minimum Gasteiger partial charge on any atom is -0.461 e. The van der Waals surface area contributed by atoms with Gasteiger partial charge in [-0.1, -0.05) is 66.7 Å². The van der Waals surface area contributed by atoms with Gasteiger partial charge in [0.2, 0.25) is 0 Å². The molecule has 2 aromatic rings. The molecule has 2 aromatic carbocycles. The van der Waals surface area contributed by atoms with E-state index in [1.807, 2.05) is 72.8 Å². The summed E-state index contributed by atoms with van der Waals surface area (Å²) in [7, 11) is 0. The molecule has 0 aliphatic carbocycles. The van der Waals surface area contributed by atoms with Crippen LogP contribution in [0.5, 0.6) is 0 Å². The van der Waals surface area contributed by atoms with Gasteiger partial charge in [0.15, 0.2) is 0 Å². The lowest BCUT2D eigenvalue weighted by Crippen LogP contribution is -2.32. The molecule has 33 heavy (non-hydrogen) atoms. The highest BCUT2D eigenvalue weighted by atomic mass is 16.5. The van der Waals surface area contributed by atoms with E-state index in [2.05, 4.69) is 5.32 Å². The van der Waals surface area contributed by atoms with Crippen LogP contribution < -0.4 is 5.32 Å². The first-order valence-electron chi connectivity index (χ1n) is 10.7. The van der Waals surface area contributed by atoms with E-state index in [0.29, 0.717) is 22.5 Å². The highest BCUT2D eigenvalue weighted by Gasteiger charge is 2.37. The number of rotatable bonds is 8. The van der Waals surface area contributed by atoms with Crippen LogP contribution in [-0.2, 0) is 19.1 Å². The van der Waals surface area contributed by atoms with Crippen LogP contribution in [0.2, 0.25) is 0 Å². The van der Waals surface area contributed by atoms with E-state index < -0.39 is 17.9 Å². The molecule has 0 saturated carbocycles. The summed E-state index contributed by atoms with van der Waals surface area (Å²) >= 11 is 0. The fraction of sp³-hybridized carbons (Fsp3) is 0.222. The lowest BCUT2D eigenvalue weighted by Gasteiger charge is -2.30. The Morgan fingerprint density at radius 3 is 2.12 bits per heavy atom. The Hall–Kier alpha value is -4.11. The number of nitrogens with one attached hydrogen (secondary N) is 1. The highest BCUT2D eigenvalue weighted by molar-refractivity contribution is 5.99. The van der Waals surface area contributed by atoms with Crippen LogP contribution >= 0.6 is 0 Å². The van der Waals surface area contributed by atoms with Crippen LogP contribution in [0.15, 0.2) is 89.3 Å². The van der Waals surface area contributed by atoms with Gasteiger partial charge in [-0.25, -0.2) is 9.59 Å². The summed E-state index contributed by atoms with van der Waals surface area (Å²) < 4.78 is 10.9. The van der Waals surface area contributed by atoms with Crippen molar-refractivity contribution in [1.29, 1.82) is 5.26 Å². The van der Waals surface area contributed by atoms with E-state index in [9.17, 15) is 9.59 Å². The van der Waals surface area contributed by atoms with Gasteiger partial charge in [-0.3, -0.25) is 0 Å². The summed E-state index contributed by atoms with van der Waals surface area (Å²) in [5.74, 6) is -1.72. The zero-order chi connectivity index (χ0) is 23.6. The molecule has 1 aliphatic rings. The number of nitrogens with zero attached hydrogens (tertiary/aromatic N) is 1. The number of carbonyl (C=O) groups excluding carboxylic acids is 2. The van der Waals surface area contributed by atoms with Crippen LogP contribution in [0.3, 0.4) is 0 Å². The van der Waals surface area contributed by atoms with Gasteiger partial charge in [-0.2, -0.15) is 5.26 Å². The SMILES string of the molecule is CC1=C(C(=O)OCC=Cc2ccccc2)C(c2ccccc2)C(C(=O)OCCC#N)=C(C)N1. The number of esters is 2. The van der Waals surface area contributed by atoms with Crippen LogP contribution in [0.1, 0.15) is 37.3 Å². The quantitative estimate of drug-likeness (QED) is 0.473. The highest BCUT2D eigenvalue weighted by Crippen LogP contribution is 2.39. The van der Waals surface area contributed by atoms with Gasteiger partial charge in [0.1, 0.15) is 13.2 Å². The van der Waals surface area contributed by atoms with Crippen LogP contribution in [0.25, 0.3) is 6.08 Å². The summed E-state index contributed by atoms with van der Waals surface area (Å²) in [6.07, 6.45) is 3.75. The predicted molar refractivity (Wildman–Crippen MR) is 125 cm³/mol. The maximum Gasteiger partial charge on any atom is 0.337 e. The fourth-order valence-corrected chi connectivity index (χ4v) is 3.73. The van der Waals surface area contributed by atoms with Crippen molar-refractivity contribution >= 4 is 18.0 Å². The molecule has 168 valence electrons. The predicted octanol–water partition coefficient (Wildman–Crippen LogP) is 4.63. The standard InChI is InChI=1S/C27H26N2O4/c1-19-23(26(30)32-17-9-13-21-11-5-3-6-12-21)25(22-14-7-4-8-15-22)24(20(2)29-19)27(31)33-18-10-16-28/h3-9,11-15,25,29H,10,17-18H2,1-2H3. The molecule has 6 heteroatoms. The van der Waals surface area contributed by atoms with Crippen molar-refractivity contribution in [3.8, 4) is 6.07 Å². The summed E-state index contributed by atoms with van der Waals surface area (Å²) in [5.41, 5.74) is 3.68. The van der Waals surface area contributed by atoms with E-state index in [0.717, 1.165) is 11.1 Å². The van der Waals surface area contributed by atoms with Crippen molar-refractivity contribution in [3.05, 3.63) is 100 Å². The van der Waals surface area contributed by atoms with Gasteiger partial charge >= 0.3 is 11.9 Å². The number of allylic oxidation sites excluding steroid dienone is 2. The van der Waals surface area contributed by atoms with Gasteiger partial charge in [-0.05, 0) is 31.1 Å². The normalized spacial score (nSPS) is 15.7. The molecule has 3 rings (SSSR count). The van der Waals surface area contributed by atoms with E-state index >= 15 is 0 Å². The smallest absolute Gasteiger partial charge is 0.337 e. The maximum atomic E-state index is 13.2. The molecule has 0 aromatic heterocycles. The second kappa shape index (κ2) is 11.5. The van der Waals surface area contributed by atoms with Gasteiger partial charge in [0.05, 0.1) is 29.6 Å². The summed E-state index contributed by atoms with van der Waals surface area (Å²) in [5, 5.41) is 11.9. The summed E-state index contributed by atoms with van der Waals surface area (Å²) in [6.45, 7) is 3.63. The van der Waals surface area contributed by atoms with Crippen molar-refractivity contribution in [1.82, 2.24) is 5.32 Å². The van der Waals surface area contributed by atoms with Crippen molar-refractivity contribution in [2.45, 2.75) is 26.2 Å². The zero-order valence-electron chi connectivity index (χ0n) is 18.7.